The third-order valence-electron chi connectivity index (χ3n) is 13.7. The third-order valence-corrected chi connectivity index (χ3v) is 13.7. The van der Waals surface area contributed by atoms with Gasteiger partial charge >= 0.3 is 0 Å². The average molecular weight is 971 g/mol. The predicted octanol–water partition coefficient (Wildman–Crippen LogP) is 13.8. The van der Waals surface area contributed by atoms with E-state index in [0.29, 0.717) is 43.5 Å². The number of alkyl halides is 6. The summed E-state index contributed by atoms with van der Waals surface area (Å²) in [6.45, 7) is 34.6. The molecule has 384 valence electrons. The Kier molecular flexibility index (Phi) is 15.4. The van der Waals surface area contributed by atoms with E-state index in [1.54, 1.807) is 23.3 Å². The first-order chi connectivity index (χ1) is 31.7. The van der Waals surface area contributed by atoms with E-state index in [1.165, 1.54) is 39.9 Å². The maximum Gasteiger partial charge on any atom is 0.291 e. The molecule has 0 saturated heterocycles. The van der Waals surface area contributed by atoms with E-state index < -0.39 is 24.2 Å². The van der Waals surface area contributed by atoms with E-state index in [2.05, 4.69) is 98.7 Å². The van der Waals surface area contributed by atoms with Crippen molar-refractivity contribution < 1.29 is 26.3 Å². The van der Waals surface area contributed by atoms with Crippen molar-refractivity contribution in [1.82, 2.24) is 48.9 Å². The van der Waals surface area contributed by atoms with Gasteiger partial charge in [-0.2, -0.15) is 43.1 Å². The fourth-order valence-electron chi connectivity index (χ4n) is 9.85. The van der Waals surface area contributed by atoms with Crippen LogP contribution in [0.1, 0.15) is 224 Å². The van der Waals surface area contributed by atoms with Crippen LogP contribution in [0, 0.1) is 0 Å². The molecule has 10 heterocycles. The van der Waals surface area contributed by atoms with E-state index in [0.717, 1.165) is 48.6 Å². The Labute approximate surface area is 407 Å². The quantitative estimate of drug-likeness (QED) is 0.144. The first kappa shape index (κ1) is 54.0. The van der Waals surface area contributed by atoms with Crippen LogP contribution in [0.3, 0.4) is 0 Å². The first-order valence-corrected chi connectivity index (χ1v) is 25.1. The number of hydrogen-bond donors (Lipinski definition) is 0. The summed E-state index contributed by atoms with van der Waals surface area (Å²) in [5.41, 5.74) is 7.93. The van der Waals surface area contributed by atoms with Gasteiger partial charge in [0.1, 0.15) is 23.7 Å². The van der Waals surface area contributed by atoms with Gasteiger partial charge in [-0.3, -0.25) is 23.4 Å². The monoisotopic (exact) mass is 971 g/mol. The van der Waals surface area contributed by atoms with Gasteiger partial charge in [0.25, 0.3) is 11.8 Å². The third kappa shape index (κ3) is 12.0. The normalized spacial score (nSPS) is 20.2. The van der Waals surface area contributed by atoms with Gasteiger partial charge in [-0.05, 0) is 71.2 Å². The van der Waals surface area contributed by atoms with E-state index in [4.69, 9.17) is 0 Å². The number of aromatic nitrogens is 10. The van der Waals surface area contributed by atoms with Crippen LogP contribution < -0.4 is 0 Å². The summed E-state index contributed by atoms with van der Waals surface area (Å²) >= 11 is 0. The molecule has 0 amide bonds. The van der Waals surface area contributed by atoms with Crippen LogP contribution in [0.5, 0.6) is 0 Å². The maximum absolute atomic E-state index is 13.8. The Balaban J connectivity index is 0.000000142. The van der Waals surface area contributed by atoms with Crippen LogP contribution in [0.2, 0.25) is 0 Å². The molecule has 2 unspecified atom stereocenters. The Bertz CT molecular complexity index is 2490. The summed E-state index contributed by atoms with van der Waals surface area (Å²) in [5.74, 6) is -5.41. The molecule has 5 aliphatic rings. The van der Waals surface area contributed by atoms with Crippen molar-refractivity contribution in [3.63, 3.8) is 0 Å². The van der Waals surface area contributed by atoms with Crippen LogP contribution in [-0.2, 0) is 78.1 Å². The molecule has 0 aromatic carbocycles. The van der Waals surface area contributed by atoms with Crippen molar-refractivity contribution in [2.24, 2.45) is 0 Å². The van der Waals surface area contributed by atoms with Crippen LogP contribution in [0.4, 0.5) is 26.3 Å². The van der Waals surface area contributed by atoms with Crippen LogP contribution >= 0.6 is 0 Å². The van der Waals surface area contributed by atoms with Crippen molar-refractivity contribution in [2.45, 2.75) is 246 Å². The fraction of sp³-hybridized carbons (Fsp3) is 0.717. The molecule has 5 aromatic heterocycles. The Morgan fingerprint density at radius 2 is 0.783 bits per heavy atom. The highest BCUT2D eigenvalue weighted by molar-refractivity contribution is 5.33. The number of halogens is 6. The molecule has 0 bridgehead atoms. The Morgan fingerprint density at radius 3 is 1.29 bits per heavy atom. The largest absolute Gasteiger partial charge is 0.291 e. The molecule has 0 saturated carbocycles. The van der Waals surface area contributed by atoms with E-state index in [1.807, 2.05) is 52.4 Å². The van der Waals surface area contributed by atoms with Crippen molar-refractivity contribution in [3.8, 4) is 0 Å². The summed E-state index contributed by atoms with van der Waals surface area (Å²) in [4.78, 5) is 0. The minimum Gasteiger partial charge on any atom is -0.269 e. The lowest BCUT2D eigenvalue weighted by molar-refractivity contribution is -0.0380. The lowest BCUT2D eigenvalue weighted by Gasteiger charge is -2.28. The predicted molar refractivity (Wildman–Crippen MR) is 261 cm³/mol. The van der Waals surface area contributed by atoms with Crippen LogP contribution in [0.15, 0.2) is 31.0 Å². The standard InChI is InChI=1S/C11H16F2N2.C11H17FN2.C11H18N2.C10H14F2N2.C10H15FN2/c1-10(2,3)8-7-14-15-6-4-5-11(12,13)9(8)15;1-11(2,3)8-7-13-14-6-4-5-9(12)10(8)14;1-11(2,3)9-8-12-13-7-5-4-6-10(9)13;1-9(2,3)7-6-13-14-5-4-10(11,12)8(7)14;1-10(2,3)7-6-12-13-5-4-8(11)9(7)13/h7H,4-6H2,1-3H3;7,9H,4-6H2,1-3H3;8H,4-7H2,1-3H3;6H,4-5H2,1-3H3;6,8H,4-5H2,1-3H3. The molecule has 0 N–H and O–H groups in total. The summed E-state index contributed by atoms with van der Waals surface area (Å²) < 4.78 is 90.4. The number of rotatable bonds is 0. The summed E-state index contributed by atoms with van der Waals surface area (Å²) in [5, 5.41) is 20.9. The zero-order valence-electron chi connectivity index (χ0n) is 44.2. The van der Waals surface area contributed by atoms with Crippen LogP contribution in [-0.4, -0.2) is 48.9 Å². The van der Waals surface area contributed by atoms with Crippen LogP contribution in [0.25, 0.3) is 0 Å². The molecule has 5 aromatic rings. The average Bonchev–Trinajstić information content (AvgIpc) is 4.07. The molecule has 2 atom stereocenters. The molecule has 16 heteroatoms. The molecule has 0 aliphatic carbocycles. The Hall–Kier alpha value is -4.37. The molecule has 10 rings (SSSR count). The van der Waals surface area contributed by atoms with Crippen molar-refractivity contribution in [2.75, 3.05) is 0 Å². The van der Waals surface area contributed by atoms with Crippen molar-refractivity contribution >= 4 is 0 Å². The molecular formula is C53H80F6N10. The number of nitrogens with zero attached hydrogens (tertiary/aromatic N) is 10. The SMILES string of the molecule is CC(C)(C)c1cnn2c1C(F)(F)CC2.CC(C)(C)c1cnn2c1C(F)(F)CCC2.CC(C)(C)c1cnn2c1C(F)CC2.CC(C)(C)c1cnn2c1C(F)CCC2.CC(C)(C)c1cnn2c1CCCC2. The van der Waals surface area contributed by atoms with Gasteiger partial charge in [0, 0.05) is 79.9 Å². The zero-order chi connectivity index (χ0) is 51.3. The van der Waals surface area contributed by atoms with E-state index in [9.17, 15) is 26.3 Å². The minimum absolute atomic E-state index is 0.00225. The van der Waals surface area contributed by atoms with Gasteiger partial charge in [0.2, 0.25) is 0 Å². The molecule has 0 radical (unpaired) electrons. The molecule has 0 spiro atoms. The highest BCUT2D eigenvalue weighted by Crippen LogP contribution is 2.44. The maximum atomic E-state index is 13.8. The lowest BCUT2D eigenvalue weighted by atomic mass is 9.84. The molecule has 69 heavy (non-hydrogen) atoms. The number of aryl methyl sites for hydroxylation is 5. The summed E-state index contributed by atoms with van der Waals surface area (Å²) in [6, 6.07) is 0. The molecular weight excluding hydrogens is 891 g/mol. The highest BCUT2D eigenvalue weighted by Gasteiger charge is 2.45. The smallest absolute Gasteiger partial charge is 0.269 e. The second-order valence-corrected chi connectivity index (χ2v) is 24.7. The van der Waals surface area contributed by atoms with Gasteiger partial charge in [-0.25, -0.2) is 8.78 Å². The minimum atomic E-state index is -2.71. The second-order valence-electron chi connectivity index (χ2n) is 24.7. The zero-order valence-corrected chi connectivity index (χ0v) is 44.2. The number of fused-ring (bicyclic) bond motifs is 5. The van der Waals surface area contributed by atoms with Gasteiger partial charge in [0.15, 0.2) is 0 Å². The van der Waals surface area contributed by atoms with Crippen molar-refractivity contribution in [1.29, 1.82) is 0 Å². The van der Waals surface area contributed by atoms with Crippen molar-refractivity contribution in [3.05, 3.63) is 87.3 Å². The van der Waals surface area contributed by atoms with Gasteiger partial charge in [-0.15, -0.1) is 0 Å². The fourth-order valence-corrected chi connectivity index (χ4v) is 9.85. The Morgan fingerprint density at radius 1 is 0.406 bits per heavy atom. The van der Waals surface area contributed by atoms with E-state index in [-0.39, 0.29) is 51.3 Å². The highest BCUT2D eigenvalue weighted by atomic mass is 19.3. The first-order valence-electron chi connectivity index (χ1n) is 25.1. The lowest BCUT2D eigenvalue weighted by Crippen LogP contribution is -2.29. The van der Waals surface area contributed by atoms with Gasteiger partial charge < -0.3 is 0 Å². The molecule has 0 fully saturated rings. The van der Waals surface area contributed by atoms with E-state index >= 15 is 0 Å². The summed E-state index contributed by atoms with van der Waals surface area (Å²) in [6.07, 6.45) is 13.5. The summed E-state index contributed by atoms with van der Waals surface area (Å²) in [7, 11) is 0. The topological polar surface area (TPSA) is 89.1 Å². The van der Waals surface area contributed by atoms with Gasteiger partial charge in [-0.1, -0.05) is 104 Å². The number of hydrogen-bond acceptors (Lipinski definition) is 5. The van der Waals surface area contributed by atoms with Gasteiger partial charge in [0.05, 0.1) is 42.4 Å². The molecule has 10 nitrogen and oxygen atoms in total. The second kappa shape index (κ2) is 19.7. The molecule has 5 aliphatic heterocycles.